The SMILES string of the molecule is CN(c1cccc(Br)c1)c1nc2nncn2c2cc(F)c(F)cc12. The van der Waals surface area contributed by atoms with Gasteiger partial charge >= 0.3 is 0 Å². The maximum atomic E-state index is 13.8. The Balaban J connectivity index is 2.04. The molecule has 0 N–H and O–H groups in total. The van der Waals surface area contributed by atoms with Crippen LogP contribution in [0, 0.1) is 11.6 Å². The van der Waals surface area contributed by atoms with Gasteiger partial charge in [0, 0.05) is 28.7 Å². The predicted molar refractivity (Wildman–Crippen MR) is 90.4 cm³/mol. The van der Waals surface area contributed by atoms with Gasteiger partial charge in [-0.05, 0) is 24.3 Å². The summed E-state index contributed by atoms with van der Waals surface area (Å²) in [7, 11) is 1.80. The van der Waals surface area contributed by atoms with Crippen LogP contribution in [0.15, 0.2) is 47.2 Å². The van der Waals surface area contributed by atoms with Crippen LogP contribution >= 0.6 is 15.9 Å². The average molecular weight is 390 g/mol. The first-order valence-electron chi connectivity index (χ1n) is 7.02. The van der Waals surface area contributed by atoms with Crippen molar-refractivity contribution in [2.75, 3.05) is 11.9 Å². The fourth-order valence-electron chi connectivity index (χ4n) is 2.61. The van der Waals surface area contributed by atoms with Crippen molar-refractivity contribution in [3.63, 3.8) is 0 Å². The van der Waals surface area contributed by atoms with Crippen LogP contribution in [0.25, 0.3) is 16.7 Å². The molecule has 4 rings (SSSR count). The smallest absolute Gasteiger partial charge is 0.257 e. The molecule has 120 valence electrons. The van der Waals surface area contributed by atoms with Gasteiger partial charge in [-0.2, -0.15) is 4.98 Å². The Bertz CT molecular complexity index is 1080. The van der Waals surface area contributed by atoms with Crippen molar-refractivity contribution in [2.24, 2.45) is 0 Å². The average Bonchev–Trinajstić information content (AvgIpc) is 3.03. The van der Waals surface area contributed by atoms with Crippen LogP contribution in [0.1, 0.15) is 0 Å². The van der Waals surface area contributed by atoms with E-state index in [2.05, 4.69) is 31.1 Å². The summed E-state index contributed by atoms with van der Waals surface area (Å²) >= 11 is 3.42. The lowest BCUT2D eigenvalue weighted by Crippen LogP contribution is -2.13. The summed E-state index contributed by atoms with van der Waals surface area (Å²) in [6, 6.07) is 9.85. The van der Waals surface area contributed by atoms with E-state index in [1.165, 1.54) is 10.7 Å². The summed E-state index contributed by atoms with van der Waals surface area (Å²) in [5.74, 6) is -1.09. The van der Waals surface area contributed by atoms with E-state index in [4.69, 9.17) is 0 Å². The number of aromatic nitrogens is 4. The molecule has 0 aliphatic rings. The second kappa shape index (κ2) is 5.48. The van der Waals surface area contributed by atoms with Crippen LogP contribution in [-0.4, -0.2) is 26.6 Å². The van der Waals surface area contributed by atoms with E-state index in [-0.39, 0.29) is 0 Å². The molecule has 0 amide bonds. The minimum atomic E-state index is -0.931. The minimum absolute atomic E-state index is 0.311. The molecule has 0 atom stereocenters. The van der Waals surface area contributed by atoms with E-state index < -0.39 is 11.6 Å². The van der Waals surface area contributed by atoms with Gasteiger partial charge in [-0.15, -0.1) is 10.2 Å². The molecule has 0 fully saturated rings. The number of fused-ring (bicyclic) bond motifs is 3. The topological polar surface area (TPSA) is 46.3 Å². The highest BCUT2D eigenvalue weighted by Crippen LogP contribution is 2.32. The molecule has 0 spiro atoms. The molecule has 24 heavy (non-hydrogen) atoms. The molecule has 0 aliphatic carbocycles. The third-order valence-corrected chi connectivity index (χ3v) is 4.28. The number of nitrogens with zero attached hydrogens (tertiary/aromatic N) is 5. The zero-order valence-corrected chi connectivity index (χ0v) is 14.0. The number of benzene rings is 2. The van der Waals surface area contributed by atoms with Crippen molar-refractivity contribution >= 4 is 44.1 Å². The first kappa shape index (κ1) is 14.9. The number of rotatable bonds is 2. The Labute approximate surface area is 143 Å². The molecule has 2 aromatic heterocycles. The van der Waals surface area contributed by atoms with Crippen LogP contribution in [0.3, 0.4) is 0 Å². The molecular formula is C16H10BrF2N5. The van der Waals surface area contributed by atoms with E-state index >= 15 is 0 Å². The van der Waals surface area contributed by atoms with Crippen molar-refractivity contribution in [1.82, 2.24) is 19.6 Å². The number of hydrogen-bond donors (Lipinski definition) is 0. The zero-order valence-electron chi connectivity index (χ0n) is 12.4. The van der Waals surface area contributed by atoms with Gasteiger partial charge in [0.25, 0.3) is 5.78 Å². The van der Waals surface area contributed by atoms with Crippen LogP contribution in [-0.2, 0) is 0 Å². The number of hydrogen-bond acceptors (Lipinski definition) is 4. The van der Waals surface area contributed by atoms with E-state index in [1.807, 2.05) is 24.3 Å². The molecule has 0 bridgehead atoms. The summed E-state index contributed by atoms with van der Waals surface area (Å²) < 4.78 is 30.0. The number of halogens is 3. The predicted octanol–water partition coefficient (Wildman–Crippen LogP) is 4.09. The maximum Gasteiger partial charge on any atom is 0.257 e. The second-order valence-corrected chi connectivity index (χ2v) is 6.17. The van der Waals surface area contributed by atoms with Crippen LogP contribution < -0.4 is 4.90 Å². The molecule has 0 saturated heterocycles. The van der Waals surface area contributed by atoms with Crippen molar-refractivity contribution in [2.45, 2.75) is 0 Å². The van der Waals surface area contributed by atoms with Gasteiger partial charge in [0.2, 0.25) is 0 Å². The molecule has 0 saturated carbocycles. The van der Waals surface area contributed by atoms with Gasteiger partial charge in [-0.1, -0.05) is 22.0 Å². The van der Waals surface area contributed by atoms with Crippen molar-refractivity contribution < 1.29 is 8.78 Å². The molecule has 2 heterocycles. The highest BCUT2D eigenvalue weighted by atomic mass is 79.9. The Kier molecular flexibility index (Phi) is 3.42. The molecule has 2 aromatic carbocycles. The van der Waals surface area contributed by atoms with Crippen LogP contribution in [0.5, 0.6) is 0 Å². The summed E-state index contributed by atoms with van der Waals surface area (Å²) in [6.07, 6.45) is 1.42. The third-order valence-electron chi connectivity index (χ3n) is 3.79. The second-order valence-electron chi connectivity index (χ2n) is 5.26. The Hall–Kier alpha value is -2.61. The molecule has 0 radical (unpaired) electrons. The summed E-state index contributed by atoms with van der Waals surface area (Å²) in [5, 5.41) is 8.19. The number of anilines is 2. The van der Waals surface area contributed by atoms with Crippen molar-refractivity contribution in [1.29, 1.82) is 0 Å². The molecular weight excluding hydrogens is 380 g/mol. The summed E-state index contributed by atoms with van der Waals surface area (Å²) in [5.41, 5.74) is 1.28. The minimum Gasteiger partial charge on any atom is -0.329 e. The largest absolute Gasteiger partial charge is 0.329 e. The van der Waals surface area contributed by atoms with Crippen molar-refractivity contribution in [3.05, 3.63) is 58.8 Å². The standard InChI is InChI=1S/C16H10BrF2N5/c1-23(10-4-2-3-9(17)5-10)15-11-6-12(18)13(19)7-14(11)24-8-20-22-16(24)21-15/h2-8H,1H3. The van der Waals surface area contributed by atoms with Crippen LogP contribution in [0.2, 0.25) is 0 Å². The Morgan fingerprint density at radius 2 is 1.92 bits per heavy atom. The van der Waals surface area contributed by atoms with E-state index in [0.29, 0.717) is 22.5 Å². The van der Waals surface area contributed by atoms with Crippen LogP contribution in [0.4, 0.5) is 20.3 Å². The van der Waals surface area contributed by atoms with E-state index in [0.717, 1.165) is 22.3 Å². The highest BCUT2D eigenvalue weighted by molar-refractivity contribution is 9.10. The lowest BCUT2D eigenvalue weighted by Gasteiger charge is -2.20. The van der Waals surface area contributed by atoms with E-state index in [9.17, 15) is 8.78 Å². The van der Waals surface area contributed by atoms with Gasteiger partial charge in [-0.25, -0.2) is 8.78 Å². The third kappa shape index (κ3) is 2.30. The zero-order chi connectivity index (χ0) is 16.8. The lowest BCUT2D eigenvalue weighted by molar-refractivity contribution is 0.510. The normalized spacial score (nSPS) is 11.3. The summed E-state index contributed by atoms with van der Waals surface area (Å²) in [6.45, 7) is 0. The Morgan fingerprint density at radius 3 is 2.71 bits per heavy atom. The van der Waals surface area contributed by atoms with Gasteiger partial charge in [0.05, 0.1) is 5.52 Å². The van der Waals surface area contributed by atoms with Gasteiger partial charge < -0.3 is 4.90 Å². The highest BCUT2D eigenvalue weighted by Gasteiger charge is 2.17. The van der Waals surface area contributed by atoms with Gasteiger partial charge in [-0.3, -0.25) is 4.40 Å². The Morgan fingerprint density at radius 1 is 1.12 bits per heavy atom. The molecule has 0 unspecified atom stereocenters. The maximum absolute atomic E-state index is 13.8. The quantitative estimate of drug-likeness (QED) is 0.518. The molecule has 4 aromatic rings. The molecule has 0 aliphatic heterocycles. The van der Waals surface area contributed by atoms with Crippen molar-refractivity contribution in [3.8, 4) is 0 Å². The first-order valence-corrected chi connectivity index (χ1v) is 7.81. The van der Waals surface area contributed by atoms with Gasteiger partial charge in [0.15, 0.2) is 11.6 Å². The lowest BCUT2D eigenvalue weighted by atomic mass is 10.2. The monoisotopic (exact) mass is 389 g/mol. The summed E-state index contributed by atoms with van der Waals surface area (Å²) in [4.78, 5) is 6.24. The van der Waals surface area contributed by atoms with E-state index in [1.54, 1.807) is 11.9 Å². The molecule has 5 nitrogen and oxygen atoms in total. The first-order chi connectivity index (χ1) is 11.5. The van der Waals surface area contributed by atoms with Gasteiger partial charge in [0.1, 0.15) is 12.1 Å². The fraction of sp³-hybridized carbons (Fsp3) is 0.0625. The fourth-order valence-corrected chi connectivity index (χ4v) is 2.99. The molecule has 8 heteroatoms.